The number of aromatic nitrogens is 2. The van der Waals surface area contributed by atoms with Crippen molar-refractivity contribution in [2.24, 2.45) is 0 Å². The summed E-state index contributed by atoms with van der Waals surface area (Å²) >= 11 is 0. The van der Waals surface area contributed by atoms with E-state index in [9.17, 15) is 4.79 Å². The van der Waals surface area contributed by atoms with Gasteiger partial charge in [0.05, 0.1) is 19.1 Å². The van der Waals surface area contributed by atoms with E-state index in [2.05, 4.69) is 15.5 Å². The molecule has 7 heteroatoms. The van der Waals surface area contributed by atoms with Crippen LogP contribution in [0.3, 0.4) is 0 Å². The third-order valence-electron chi connectivity index (χ3n) is 4.94. The molecule has 1 unspecified atom stereocenters. The van der Waals surface area contributed by atoms with Gasteiger partial charge in [0.2, 0.25) is 11.8 Å². The molecule has 1 saturated carbocycles. The Morgan fingerprint density at radius 3 is 2.67 bits per heavy atom. The number of rotatable bonds is 5. The maximum Gasteiger partial charge on any atom is 0.234 e. The first-order valence-corrected chi connectivity index (χ1v) is 8.97. The van der Waals surface area contributed by atoms with E-state index in [1.54, 1.807) is 0 Å². The van der Waals surface area contributed by atoms with Crippen LogP contribution in [0.1, 0.15) is 62.6 Å². The molecule has 2 heterocycles. The van der Waals surface area contributed by atoms with Crippen LogP contribution in [-0.2, 0) is 15.1 Å². The van der Waals surface area contributed by atoms with Gasteiger partial charge >= 0.3 is 0 Å². The predicted octanol–water partition coefficient (Wildman–Crippen LogP) is 1.80. The van der Waals surface area contributed by atoms with Crippen LogP contribution < -0.4 is 5.32 Å². The molecular formula is C17H28N4O3. The lowest BCUT2D eigenvalue weighted by Crippen LogP contribution is -2.49. The van der Waals surface area contributed by atoms with Crippen LogP contribution in [0.4, 0.5) is 0 Å². The molecular weight excluding hydrogens is 308 g/mol. The smallest absolute Gasteiger partial charge is 0.234 e. The highest BCUT2D eigenvalue weighted by Crippen LogP contribution is 2.35. The molecule has 0 spiro atoms. The average molecular weight is 336 g/mol. The van der Waals surface area contributed by atoms with Crippen LogP contribution in [0, 0.1) is 0 Å². The molecule has 1 atom stereocenters. The van der Waals surface area contributed by atoms with Crippen molar-refractivity contribution in [1.29, 1.82) is 0 Å². The summed E-state index contributed by atoms with van der Waals surface area (Å²) in [5.41, 5.74) is -0.495. The average Bonchev–Trinajstić information content (AvgIpc) is 3.16. The van der Waals surface area contributed by atoms with Gasteiger partial charge in [-0.05, 0) is 33.4 Å². The fraction of sp³-hybridized carbons (Fsp3) is 0.824. The van der Waals surface area contributed by atoms with E-state index in [0.717, 1.165) is 38.7 Å². The summed E-state index contributed by atoms with van der Waals surface area (Å²) < 4.78 is 10.9. The highest BCUT2D eigenvalue weighted by Gasteiger charge is 2.39. The number of hydrogen-bond donors (Lipinski definition) is 1. The zero-order valence-electron chi connectivity index (χ0n) is 14.7. The van der Waals surface area contributed by atoms with Gasteiger partial charge in [0.1, 0.15) is 5.54 Å². The molecule has 1 aliphatic heterocycles. The molecule has 2 aliphatic rings. The Balaban J connectivity index is 1.82. The summed E-state index contributed by atoms with van der Waals surface area (Å²) in [4.78, 5) is 19.0. The molecule has 24 heavy (non-hydrogen) atoms. The summed E-state index contributed by atoms with van der Waals surface area (Å²) in [5.74, 6) is 1.48. The molecule has 1 saturated heterocycles. The van der Waals surface area contributed by atoms with E-state index < -0.39 is 5.54 Å². The Hall–Kier alpha value is -1.47. The minimum atomic E-state index is -0.495. The van der Waals surface area contributed by atoms with Gasteiger partial charge in [0, 0.05) is 6.61 Å². The molecule has 1 aromatic heterocycles. The second-order valence-electron chi connectivity index (χ2n) is 7.30. The van der Waals surface area contributed by atoms with E-state index in [-0.39, 0.29) is 11.8 Å². The van der Waals surface area contributed by atoms with E-state index in [4.69, 9.17) is 9.26 Å². The molecule has 0 radical (unpaired) electrons. The maximum absolute atomic E-state index is 12.4. The molecule has 1 amide bonds. The first-order chi connectivity index (χ1) is 11.6. The monoisotopic (exact) mass is 336 g/mol. The summed E-state index contributed by atoms with van der Waals surface area (Å²) in [6.07, 6.45) is 7.16. The summed E-state index contributed by atoms with van der Waals surface area (Å²) in [7, 11) is 3.79. The van der Waals surface area contributed by atoms with Gasteiger partial charge in [-0.3, -0.25) is 4.79 Å². The number of carbonyl (C=O) groups excluding carboxylic acids is 1. The van der Waals surface area contributed by atoms with Crippen molar-refractivity contribution in [2.45, 2.75) is 56.4 Å². The van der Waals surface area contributed by atoms with E-state index >= 15 is 0 Å². The Kier molecular flexibility index (Phi) is 5.50. The maximum atomic E-state index is 12.4. The molecule has 2 fully saturated rings. The van der Waals surface area contributed by atoms with Gasteiger partial charge in [-0.2, -0.15) is 4.98 Å². The molecule has 1 aliphatic carbocycles. The van der Waals surface area contributed by atoms with E-state index in [1.807, 2.05) is 19.0 Å². The van der Waals surface area contributed by atoms with Crippen molar-refractivity contribution in [2.75, 3.05) is 33.9 Å². The lowest BCUT2D eigenvalue weighted by molar-refractivity contribution is -0.124. The third kappa shape index (κ3) is 3.95. The Morgan fingerprint density at radius 2 is 2.04 bits per heavy atom. The Labute approximate surface area is 143 Å². The van der Waals surface area contributed by atoms with Crippen LogP contribution in [-0.4, -0.2) is 54.8 Å². The number of amides is 1. The number of carbonyl (C=O) groups is 1. The van der Waals surface area contributed by atoms with E-state index in [1.165, 1.54) is 12.8 Å². The zero-order chi connectivity index (χ0) is 17.0. The quantitative estimate of drug-likeness (QED) is 0.826. The van der Waals surface area contributed by atoms with Crippen molar-refractivity contribution in [1.82, 2.24) is 20.4 Å². The third-order valence-corrected chi connectivity index (χ3v) is 4.94. The lowest BCUT2D eigenvalue weighted by Gasteiger charge is -2.31. The van der Waals surface area contributed by atoms with Crippen LogP contribution in [0.25, 0.3) is 0 Å². The summed E-state index contributed by atoms with van der Waals surface area (Å²) in [6.45, 7) is 1.75. The number of hydrogen-bond acceptors (Lipinski definition) is 6. The SMILES string of the molecule is CN(C)CC(=O)NC1(c2noc(C3CCOC3)n2)CCCCCC1. The number of likely N-dealkylation sites (N-methyl/N-ethyl adjacent to an activating group) is 1. The summed E-state index contributed by atoms with van der Waals surface area (Å²) in [5, 5.41) is 7.49. The molecule has 1 aromatic rings. The van der Waals surface area contributed by atoms with Crippen molar-refractivity contribution in [3.63, 3.8) is 0 Å². The first-order valence-electron chi connectivity index (χ1n) is 8.97. The van der Waals surface area contributed by atoms with Gasteiger partial charge < -0.3 is 19.5 Å². The second kappa shape index (κ2) is 7.61. The van der Waals surface area contributed by atoms with Crippen LogP contribution in [0.2, 0.25) is 0 Å². The largest absolute Gasteiger partial charge is 0.381 e. The van der Waals surface area contributed by atoms with Gasteiger partial charge in [-0.15, -0.1) is 0 Å². The van der Waals surface area contributed by atoms with Gasteiger partial charge in [0.25, 0.3) is 0 Å². The topological polar surface area (TPSA) is 80.5 Å². The molecule has 0 aromatic carbocycles. The lowest BCUT2D eigenvalue weighted by atomic mass is 9.89. The van der Waals surface area contributed by atoms with Gasteiger partial charge in [-0.25, -0.2) is 0 Å². The van der Waals surface area contributed by atoms with Gasteiger partial charge in [-0.1, -0.05) is 30.8 Å². The Bertz CT molecular complexity index is 544. The van der Waals surface area contributed by atoms with Crippen molar-refractivity contribution < 1.29 is 14.1 Å². The fourth-order valence-electron chi connectivity index (χ4n) is 3.65. The predicted molar refractivity (Wildman–Crippen MR) is 88.6 cm³/mol. The number of ether oxygens (including phenoxy) is 1. The highest BCUT2D eigenvalue weighted by atomic mass is 16.5. The fourth-order valence-corrected chi connectivity index (χ4v) is 3.65. The van der Waals surface area contributed by atoms with Crippen LogP contribution in [0.15, 0.2) is 4.52 Å². The van der Waals surface area contributed by atoms with Crippen molar-refractivity contribution in [3.05, 3.63) is 11.7 Å². The molecule has 0 bridgehead atoms. The second-order valence-corrected chi connectivity index (χ2v) is 7.30. The van der Waals surface area contributed by atoms with Crippen molar-refractivity contribution >= 4 is 5.91 Å². The van der Waals surface area contributed by atoms with Crippen molar-refractivity contribution in [3.8, 4) is 0 Å². The molecule has 3 rings (SSSR count). The van der Waals surface area contributed by atoms with Gasteiger partial charge in [0.15, 0.2) is 5.82 Å². The van der Waals surface area contributed by atoms with Crippen LogP contribution in [0.5, 0.6) is 0 Å². The molecule has 7 nitrogen and oxygen atoms in total. The van der Waals surface area contributed by atoms with Crippen LogP contribution >= 0.6 is 0 Å². The molecule has 134 valence electrons. The number of nitrogens with one attached hydrogen (secondary N) is 1. The van der Waals surface area contributed by atoms with E-state index in [0.29, 0.717) is 24.9 Å². The standard InChI is InChI=1S/C17H28N4O3/c1-21(2)11-14(22)19-17(8-5-3-4-6-9-17)16-18-15(24-20-16)13-7-10-23-12-13/h13H,3-12H2,1-2H3,(H,19,22). The minimum absolute atomic E-state index is 0.0115. The minimum Gasteiger partial charge on any atom is -0.381 e. The normalized spacial score (nSPS) is 24.0. The zero-order valence-corrected chi connectivity index (χ0v) is 14.7. The first kappa shape index (κ1) is 17.4. The Morgan fingerprint density at radius 1 is 1.29 bits per heavy atom. The summed E-state index contributed by atoms with van der Waals surface area (Å²) in [6, 6.07) is 0. The highest BCUT2D eigenvalue weighted by molar-refractivity contribution is 5.78. The number of nitrogens with zero attached hydrogens (tertiary/aromatic N) is 3. The molecule has 1 N–H and O–H groups in total.